The highest BCUT2D eigenvalue weighted by atomic mass is 35.5. The van der Waals surface area contributed by atoms with Crippen LogP contribution >= 0.6 is 11.6 Å². The van der Waals surface area contributed by atoms with Gasteiger partial charge in [0, 0.05) is 45.3 Å². The van der Waals surface area contributed by atoms with E-state index in [1.165, 1.54) is 0 Å². The van der Waals surface area contributed by atoms with Crippen LogP contribution in [0.15, 0.2) is 30.5 Å². The minimum atomic E-state index is -0.0708. The van der Waals surface area contributed by atoms with E-state index in [2.05, 4.69) is 33.2 Å². The molecule has 0 bridgehead atoms. The number of amides is 1. The summed E-state index contributed by atoms with van der Waals surface area (Å²) in [4.78, 5) is 21.6. The SMILES string of the molecule is CN1CCN(c2cc(CNC(=O)Cc3cc(Cl)c4c(c3)OCCCO4)ccn2)CC1. The minimum absolute atomic E-state index is 0.0708. The van der Waals surface area contributed by atoms with E-state index >= 15 is 0 Å². The van der Waals surface area contributed by atoms with Crippen LogP contribution < -0.4 is 19.7 Å². The summed E-state index contributed by atoms with van der Waals surface area (Å²) in [7, 11) is 2.13. The molecule has 0 atom stereocenters. The fourth-order valence-electron chi connectivity index (χ4n) is 3.61. The van der Waals surface area contributed by atoms with Gasteiger partial charge in [0.15, 0.2) is 11.5 Å². The van der Waals surface area contributed by atoms with Gasteiger partial charge in [-0.05, 0) is 42.4 Å². The van der Waals surface area contributed by atoms with Gasteiger partial charge in [0.2, 0.25) is 5.91 Å². The van der Waals surface area contributed by atoms with Gasteiger partial charge in [-0.2, -0.15) is 0 Å². The zero-order chi connectivity index (χ0) is 20.9. The predicted molar refractivity (Wildman–Crippen MR) is 117 cm³/mol. The number of fused-ring (bicyclic) bond motifs is 1. The van der Waals surface area contributed by atoms with Gasteiger partial charge in [-0.3, -0.25) is 4.79 Å². The van der Waals surface area contributed by atoms with Crippen LogP contribution in [-0.4, -0.2) is 62.2 Å². The molecule has 0 unspecified atom stereocenters. The Morgan fingerprint density at radius 2 is 1.93 bits per heavy atom. The summed E-state index contributed by atoms with van der Waals surface area (Å²) in [6, 6.07) is 7.59. The third-order valence-electron chi connectivity index (χ3n) is 5.35. The first-order valence-electron chi connectivity index (χ1n) is 10.3. The molecule has 7 nitrogen and oxygen atoms in total. The Hall–Kier alpha value is -2.51. The summed E-state index contributed by atoms with van der Waals surface area (Å²) in [5, 5.41) is 3.46. The van der Waals surface area contributed by atoms with Crippen LogP contribution in [0.1, 0.15) is 17.5 Å². The second-order valence-electron chi connectivity index (χ2n) is 7.72. The molecule has 1 saturated heterocycles. The number of aromatic nitrogens is 1. The van der Waals surface area contributed by atoms with E-state index in [4.69, 9.17) is 21.1 Å². The largest absolute Gasteiger partial charge is 0.489 e. The van der Waals surface area contributed by atoms with Gasteiger partial charge in [0.25, 0.3) is 0 Å². The van der Waals surface area contributed by atoms with Crippen molar-refractivity contribution in [3.63, 3.8) is 0 Å². The second-order valence-corrected chi connectivity index (χ2v) is 8.13. The molecule has 8 heteroatoms. The number of nitrogens with one attached hydrogen (secondary N) is 1. The molecule has 30 heavy (non-hydrogen) atoms. The summed E-state index contributed by atoms with van der Waals surface area (Å²) < 4.78 is 11.3. The van der Waals surface area contributed by atoms with Gasteiger partial charge in [0.05, 0.1) is 24.7 Å². The predicted octanol–water partition coefficient (Wildman–Crippen LogP) is 2.51. The first-order valence-corrected chi connectivity index (χ1v) is 10.7. The lowest BCUT2D eigenvalue weighted by molar-refractivity contribution is -0.120. The van der Waals surface area contributed by atoms with Crippen LogP contribution in [0.4, 0.5) is 5.82 Å². The number of rotatable bonds is 5. The monoisotopic (exact) mass is 430 g/mol. The molecular weight excluding hydrogens is 404 g/mol. The summed E-state index contributed by atoms with van der Waals surface area (Å²) in [6.45, 7) is 5.60. The molecule has 0 saturated carbocycles. The van der Waals surface area contributed by atoms with Gasteiger partial charge in [-0.1, -0.05) is 11.6 Å². The Balaban J connectivity index is 1.35. The Bertz CT molecular complexity index is 900. The maximum Gasteiger partial charge on any atom is 0.224 e. The van der Waals surface area contributed by atoms with Crippen LogP contribution in [-0.2, 0) is 17.8 Å². The van der Waals surface area contributed by atoms with Gasteiger partial charge in [-0.15, -0.1) is 0 Å². The number of carbonyl (C=O) groups excluding carboxylic acids is 1. The lowest BCUT2D eigenvalue weighted by atomic mass is 10.1. The highest BCUT2D eigenvalue weighted by Gasteiger charge is 2.18. The first-order chi connectivity index (χ1) is 14.6. The van der Waals surface area contributed by atoms with Crippen LogP contribution in [0.3, 0.4) is 0 Å². The van der Waals surface area contributed by atoms with E-state index in [1.807, 2.05) is 12.1 Å². The average Bonchev–Trinajstić information content (AvgIpc) is 2.99. The fraction of sp³-hybridized carbons (Fsp3) is 0.455. The fourth-order valence-corrected chi connectivity index (χ4v) is 3.90. The third kappa shape index (κ3) is 5.15. The number of nitrogens with zero attached hydrogens (tertiary/aromatic N) is 3. The number of ether oxygens (including phenoxy) is 2. The number of pyridine rings is 1. The smallest absolute Gasteiger partial charge is 0.224 e. The standard InChI is InChI=1S/C22H27ClN4O3/c1-26-5-7-27(8-6-26)20-13-16(3-4-24-20)15-25-21(28)14-17-11-18(23)22-19(12-17)29-9-2-10-30-22/h3-4,11-13H,2,5-10,14-15H2,1H3,(H,25,28). The number of anilines is 1. The normalized spacial score (nSPS) is 16.8. The molecular formula is C22H27ClN4O3. The summed E-state index contributed by atoms with van der Waals surface area (Å²) in [5.74, 6) is 2.06. The molecule has 1 N–H and O–H groups in total. The highest BCUT2D eigenvalue weighted by Crippen LogP contribution is 2.38. The molecule has 2 aliphatic rings. The number of piperazine rings is 1. The Morgan fingerprint density at radius 3 is 2.77 bits per heavy atom. The molecule has 1 amide bonds. The van der Waals surface area contributed by atoms with Crippen LogP contribution in [0, 0.1) is 0 Å². The molecule has 0 radical (unpaired) electrons. The first kappa shape index (κ1) is 20.8. The molecule has 1 aromatic carbocycles. The number of hydrogen-bond acceptors (Lipinski definition) is 6. The topological polar surface area (TPSA) is 66.9 Å². The van der Waals surface area contributed by atoms with E-state index in [1.54, 1.807) is 12.3 Å². The minimum Gasteiger partial charge on any atom is -0.489 e. The molecule has 0 spiro atoms. The van der Waals surface area contributed by atoms with E-state index in [9.17, 15) is 4.79 Å². The zero-order valence-corrected chi connectivity index (χ0v) is 18.0. The molecule has 1 aromatic heterocycles. The van der Waals surface area contributed by atoms with Crippen LogP contribution in [0.25, 0.3) is 0 Å². The molecule has 160 valence electrons. The third-order valence-corrected chi connectivity index (χ3v) is 5.63. The highest BCUT2D eigenvalue weighted by molar-refractivity contribution is 6.32. The molecule has 0 aliphatic carbocycles. The van der Waals surface area contributed by atoms with E-state index in [-0.39, 0.29) is 12.3 Å². The van der Waals surface area contributed by atoms with Crippen molar-refractivity contribution < 1.29 is 14.3 Å². The maximum atomic E-state index is 12.5. The van der Waals surface area contributed by atoms with Crippen molar-refractivity contribution in [3.8, 4) is 11.5 Å². The number of hydrogen-bond donors (Lipinski definition) is 1. The summed E-state index contributed by atoms with van der Waals surface area (Å²) in [6.07, 6.45) is 2.84. The Labute approximate surface area is 181 Å². The van der Waals surface area contributed by atoms with Crippen molar-refractivity contribution >= 4 is 23.3 Å². The molecule has 2 aromatic rings. The van der Waals surface area contributed by atoms with Crippen LogP contribution in [0.5, 0.6) is 11.5 Å². The summed E-state index contributed by atoms with van der Waals surface area (Å²) in [5.41, 5.74) is 1.83. The summed E-state index contributed by atoms with van der Waals surface area (Å²) >= 11 is 6.33. The zero-order valence-electron chi connectivity index (χ0n) is 17.2. The van der Waals surface area contributed by atoms with Crippen molar-refractivity contribution in [2.24, 2.45) is 0 Å². The van der Waals surface area contributed by atoms with E-state index in [0.717, 1.165) is 49.5 Å². The molecule has 1 fully saturated rings. The van der Waals surface area contributed by atoms with Gasteiger partial charge in [-0.25, -0.2) is 4.98 Å². The Morgan fingerprint density at radius 1 is 1.13 bits per heavy atom. The quantitative estimate of drug-likeness (QED) is 0.786. The average molecular weight is 431 g/mol. The lowest BCUT2D eigenvalue weighted by Gasteiger charge is -2.33. The molecule has 3 heterocycles. The van der Waals surface area contributed by atoms with Gasteiger partial charge < -0.3 is 24.6 Å². The molecule has 2 aliphatic heterocycles. The number of carbonyl (C=O) groups is 1. The van der Waals surface area contributed by atoms with Crippen molar-refractivity contribution in [1.82, 2.24) is 15.2 Å². The maximum absolute atomic E-state index is 12.5. The number of benzene rings is 1. The molecule has 4 rings (SSSR count). The van der Waals surface area contributed by atoms with Crippen molar-refractivity contribution in [2.75, 3.05) is 51.3 Å². The lowest BCUT2D eigenvalue weighted by Crippen LogP contribution is -2.44. The van der Waals surface area contributed by atoms with E-state index in [0.29, 0.717) is 36.3 Å². The van der Waals surface area contributed by atoms with E-state index < -0.39 is 0 Å². The van der Waals surface area contributed by atoms with Crippen molar-refractivity contribution in [1.29, 1.82) is 0 Å². The number of halogens is 1. The van der Waals surface area contributed by atoms with Crippen molar-refractivity contribution in [2.45, 2.75) is 19.4 Å². The van der Waals surface area contributed by atoms with Crippen LogP contribution in [0.2, 0.25) is 5.02 Å². The van der Waals surface area contributed by atoms with Crippen molar-refractivity contribution in [3.05, 3.63) is 46.6 Å². The Kier molecular flexibility index (Phi) is 6.59. The second kappa shape index (κ2) is 9.53. The van der Waals surface area contributed by atoms with Gasteiger partial charge >= 0.3 is 0 Å². The number of likely N-dealkylation sites (N-methyl/N-ethyl adjacent to an activating group) is 1. The van der Waals surface area contributed by atoms with Gasteiger partial charge in [0.1, 0.15) is 5.82 Å².